The van der Waals surface area contributed by atoms with Crippen LogP contribution < -0.4 is 5.32 Å². The van der Waals surface area contributed by atoms with Crippen LogP contribution in [0.15, 0.2) is 6.33 Å². The normalized spacial score (nSPS) is 19.1. The molecule has 0 saturated heterocycles. The van der Waals surface area contributed by atoms with Crippen molar-refractivity contribution in [3.8, 4) is 0 Å². The van der Waals surface area contributed by atoms with Crippen molar-refractivity contribution in [3.63, 3.8) is 0 Å². The number of rotatable bonds is 7. The molecule has 0 aromatic carbocycles. The van der Waals surface area contributed by atoms with Gasteiger partial charge in [-0.3, -0.25) is 4.90 Å². The van der Waals surface area contributed by atoms with Crippen molar-refractivity contribution in [2.45, 2.75) is 45.3 Å². The minimum atomic E-state index is -0.148. The molecular weight excluding hydrogens is 242 g/mol. The summed E-state index contributed by atoms with van der Waals surface area (Å²) in [5.74, 6) is 1.06. The Kier molecular flexibility index (Phi) is 4.90. The summed E-state index contributed by atoms with van der Waals surface area (Å²) in [6.07, 6.45) is 3.87. The Morgan fingerprint density at radius 3 is 3.05 bits per heavy atom. The summed E-state index contributed by atoms with van der Waals surface area (Å²) >= 11 is 0. The predicted molar refractivity (Wildman–Crippen MR) is 73.7 cm³/mol. The molecule has 0 amide bonds. The van der Waals surface area contributed by atoms with Crippen LogP contribution in [0.2, 0.25) is 0 Å². The van der Waals surface area contributed by atoms with Crippen LogP contribution in [0.3, 0.4) is 0 Å². The molecule has 0 radical (unpaired) electrons. The SMILES string of the molecule is CCNC(C)(CO)CCCN1CCn2cnnc2C1. The van der Waals surface area contributed by atoms with Gasteiger partial charge in [0.2, 0.25) is 0 Å². The maximum absolute atomic E-state index is 9.46. The third-order valence-corrected chi connectivity index (χ3v) is 3.87. The maximum atomic E-state index is 9.46. The molecular formula is C13H25N5O. The predicted octanol–water partition coefficient (Wildman–Crippen LogP) is 0.234. The molecule has 2 N–H and O–H groups in total. The van der Waals surface area contributed by atoms with Gasteiger partial charge in [0, 0.05) is 18.6 Å². The average Bonchev–Trinajstić information content (AvgIpc) is 2.86. The van der Waals surface area contributed by atoms with Gasteiger partial charge in [0.25, 0.3) is 0 Å². The molecule has 1 atom stereocenters. The van der Waals surface area contributed by atoms with Crippen LogP contribution in [0.1, 0.15) is 32.5 Å². The van der Waals surface area contributed by atoms with Crippen molar-refractivity contribution in [1.82, 2.24) is 25.0 Å². The molecule has 0 saturated carbocycles. The van der Waals surface area contributed by atoms with E-state index in [1.165, 1.54) is 0 Å². The van der Waals surface area contributed by atoms with Crippen LogP contribution in [-0.2, 0) is 13.1 Å². The summed E-state index contributed by atoms with van der Waals surface area (Å²) in [6.45, 7) is 9.22. The zero-order chi connectivity index (χ0) is 13.7. The molecule has 0 bridgehead atoms. The first-order valence-electron chi connectivity index (χ1n) is 7.12. The topological polar surface area (TPSA) is 66.2 Å². The van der Waals surface area contributed by atoms with Gasteiger partial charge in [-0.15, -0.1) is 10.2 Å². The van der Waals surface area contributed by atoms with Crippen molar-refractivity contribution in [3.05, 3.63) is 12.2 Å². The van der Waals surface area contributed by atoms with Crippen molar-refractivity contribution in [2.75, 3.05) is 26.2 Å². The van der Waals surface area contributed by atoms with E-state index < -0.39 is 0 Å². The molecule has 0 spiro atoms. The lowest BCUT2D eigenvalue weighted by Crippen LogP contribution is -2.46. The van der Waals surface area contributed by atoms with Crippen molar-refractivity contribution in [1.29, 1.82) is 0 Å². The van der Waals surface area contributed by atoms with Crippen molar-refractivity contribution >= 4 is 0 Å². The van der Waals surface area contributed by atoms with E-state index in [0.29, 0.717) is 0 Å². The fraction of sp³-hybridized carbons (Fsp3) is 0.846. The fourth-order valence-corrected chi connectivity index (χ4v) is 2.65. The summed E-state index contributed by atoms with van der Waals surface area (Å²) in [6, 6.07) is 0. The second-order valence-electron chi connectivity index (χ2n) is 5.57. The number of aliphatic hydroxyl groups excluding tert-OH is 1. The van der Waals surface area contributed by atoms with E-state index in [2.05, 4.69) is 38.8 Å². The third kappa shape index (κ3) is 3.75. The fourth-order valence-electron chi connectivity index (χ4n) is 2.65. The first kappa shape index (κ1) is 14.4. The Morgan fingerprint density at radius 1 is 1.47 bits per heavy atom. The molecule has 19 heavy (non-hydrogen) atoms. The van der Waals surface area contributed by atoms with E-state index in [1.54, 1.807) is 6.33 Å². The molecule has 6 nitrogen and oxygen atoms in total. The van der Waals surface area contributed by atoms with Gasteiger partial charge >= 0.3 is 0 Å². The number of hydrogen-bond donors (Lipinski definition) is 2. The van der Waals surface area contributed by atoms with E-state index in [0.717, 1.165) is 51.4 Å². The van der Waals surface area contributed by atoms with Gasteiger partial charge in [-0.2, -0.15) is 0 Å². The van der Waals surface area contributed by atoms with Crippen LogP contribution >= 0.6 is 0 Å². The lowest BCUT2D eigenvalue weighted by molar-refractivity contribution is 0.152. The molecule has 1 aliphatic rings. The number of likely N-dealkylation sites (N-methyl/N-ethyl adjacent to an activating group) is 1. The highest BCUT2D eigenvalue weighted by Crippen LogP contribution is 2.14. The Hall–Kier alpha value is -0.980. The smallest absolute Gasteiger partial charge is 0.147 e. The maximum Gasteiger partial charge on any atom is 0.147 e. The molecule has 1 unspecified atom stereocenters. The molecule has 2 heterocycles. The first-order chi connectivity index (χ1) is 9.17. The minimum absolute atomic E-state index is 0.148. The van der Waals surface area contributed by atoms with Crippen LogP contribution in [0.25, 0.3) is 0 Å². The highest BCUT2D eigenvalue weighted by molar-refractivity contribution is 4.90. The van der Waals surface area contributed by atoms with E-state index in [4.69, 9.17) is 0 Å². The van der Waals surface area contributed by atoms with Gasteiger partial charge < -0.3 is 15.0 Å². The molecule has 108 valence electrons. The van der Waals surface area contributed by atoms with Crippen LogP contribution in [-0.4, -0.2) is 56.6 Å². The Morgan fingerprint density at radius 2 is 2.32 bits per heavy atom. The standard InChI is InChI=1S/C13H25N5O/c1-3-14-13(2,10-19)5-4-6-17-7-8-18-11-15-16-12(18)9-17/h11,14,19H,3-10H2,1-2H3. The van der Waals surface area contributed by atoms with Crippen molar-refractivity contribution < 1.29 is 5.11 Å². The Labute approximate surface area is 114 Å². The summed E-state index contributed by atoms with van der Waals surface area (Å²) < 4.78 is 2.12. The van der Waals surface area contributed by atoms with E-state index in [-0.39, 0.29) is 12.1 Å². The Balaban J connectivity index is 1.75. The van der Waals surface area contributed by atoms with Crippen molar-refractivity contribution in [2.24, 2.45) is 0 Å². The minimum Gasteiger partial charge on any atom is -0.394 e. The van der Waals surface area contributed by atoms with Gasteiger partial charge in [0.05, 0.1) is 13.2 Å². The summed E-state index contributed by atoms with van der Waals surface area (Å²) in [5, 5.41) is 20.9. The number of nitrogens with zero attached hydrogens (tertiary/aromatic N) is 4. The van der Waals surface area contributed by atoms with E-state index >= 15 is 0 Å². The van der Waals surface area contributed by atoms with Gasteiger partial charge in [-0.1, -0.05) is 6.92 Å². The zero-order valence-electron chi connectivity index (χ0n) is 12.0. The molecule has 2 rings (SSSR count). The largest absolute Gasteiger partial charge is 0.394 e. The lowest BCUT2D eigenvalue weighted by atomic mass is 9.96. The summed E-state index contributed by atoms with van der Waals surface area (Å²) in [7, 11) is 0. The molecule has 1 aromatic heterocycles. The zero-order valence-corrected chi connectivity index (χ0v) is 12.0. The second-order valence-corrected chi connectivity index (χ2v) is 5.57. The van der Waals surface area contributed by atoms with E-state index in [9.17, 15) is 5.11 Å². The van der Waals surface area contributed by atoms with Crippen LogP contribution in [0, 0.1) is 0 Å². The first-order valence-corrected chi connectivity index (χ1v) is 7.12. The van der Waals surface area contributed by atoms with Gasteiger partial charge in [0.1, 0.15) is 12.2 Å². The number of aromatic nitrogens is 3. The highest BCUT2D eigenvalue weighted by atomic mass is 16.3. The second kappa shape index (κ2) is 6.45. The average molecular weight is 267 g/mol. The lowest BCUT2D eigenvalue weighted by Gasteiger charge is -2.31. The Bertz CT molecular complexity index is 394. The molecule has 0 fully saturated rings. The number of fused-ring (bicyclic) bond motifs is 1. The molecule has 6 heteroatoms. The molecule has 1 aliphatic heterocycles. The van der Waals surface area contributed by atoms with Gasteiger partial charge in [0.15, 0.2) is 0 Å². The number of hydrogen-bond acceptors (Lipinski definition) is 5. The molecule has 0 aliphatic carbocycles. The monoisotopic (exact) mass is 267 g/mol. The number of nitrogens with one attached hydrogen (secondary N) is 1. The van der Waals surface area contributed by atoms with Crippen LogP contribution in [0.5, 0.6) is 0 Å². The van der Waals surface area contributed by atoms with E-state index in [1.807, 2.05) is 0 Å². The number of aliphatic hydroxyl groups is 1. The third-order valence-electron chi connectivity index (χ3n) is 3.87. The van der Waals surface area contributed by atoms with Gasteiger partial charge in [-0.25, -0.2) is 0 Å². The quantitative estimate of drug-likeness (QED) is 0.740. The molecule has 1 aromatic rings. The summed E-state index contributed by atoms with van der Waals surface area (Å²) in [4.78, 5) is 2.41. The highest BCUT2D eigenvalue weighted by Gasteiger charge is 2.22. The van der Waals surface area contributed by atoms with Crippen LogP contribution in [0.4, 0.5) is 0 Å². The summed E-state index contributed by atoms with van der Waals surface area (Å²) in [5.41, 5.74) is -0.148. The van der Waals surface area contributed by atoms with Gasteiger partial charge in [-0.05, 0) is 32.9 Å².